The van der Waals surface area contributed by atoms with E-state index >= 15 is 0 Å². The molecule has 0 amide bonds. The molecule has 0 bridgehead atoms. The van der Waals surface area contributed by atoms with E-state index in [-0.39, 0.29) is 36.2 Å². The summed E-state index contributed by atoms with van der Waals surface area (Å²) in [6.45, 7) is 15.8. The Morgan fingerprint density at radius 1 is 0.686 bits per heavy atom. The Kier molecular flexibility index (Phi) is 13.5. The van der Waals surface area contributed by atoms with Gasteiger partial charge in [-0.1, -0.05) is 6.92 Å². The highest BCUT2D eigenvalue weighted by molar-refractivity contribution is 5.70. The number of esters is 1. The summed E-state index contributed by atoms with van der Waals surface area (Å²) in [5, 5.41) is 0. The van der Waals surface area contributed by atoms with Crippen molar-refractivity contribution in [3.8, 4) is 0 Å². The molecule has 2 aliphatic rings. The number of hydrogen-bond acceptors (Lipinski definition) is 7. The molecule has 3 unspecified atom stereocenters. The number of carbonyl (C=O) groups excluding carboxylic acids is 1. The third-order valence-corrected chi connectivity index (χ3v) is 8.01. The van der Waals surface area contributed by atoms with Crippen molar-refractivity contribution in [2.75, 3.05) is 19.8 Å². The van der Waals surface area contributed by atoms with Crippen LogP contribution in [0.25, 0.3) is 0 Å². The van der Waals surface area contributed by atoms with Gasteiger partial charge in [-0.2, -0.15) is 0 Å². The SMILES string of the molecule is CCOC(C)OC(=O)CC(C)(C1CCC(OC(C)OCC)CC1)C1CCC(OC(C)OCC)CC1. The second-order valence-electron chi connectivity index (χ2n) is 10.5. The molecular weight excluding hydrogens is 448 g/mol. The summed E-state index contributed by atoms with van der Waals surface area (Å²) < 4.78 is 34.5. The summed E-state index contributed by atoms with van der Waals surface area (Å²) >= 11 is 0. The van der Waals surface area contributed by atoms with Crippen molar-refractivity contribution in [1.82, 2.24) is 0 Å². The molecule has 2 saturated carbocycles. The minimum absolute atomic E-state index is 0.115. The van der Waals surface area contributed by atoms with Crippen LogP contribution in [0.5, 0.6) is 0 Å². The van der Waals surface area contributed by atoms with Gasteiger partial charge in [-0.05, 0) is 110 Å². The maximum Gasteiger partial charge on any atom is 0.308 e. The topological polar surface area (TPSA) is 72.5 Å². The Balaban J connectivity index is 2.03. The second-order valence-corrected chi connectivity index (χ2v) is 10.5. The monoisotopic (exact) mass is 500 g/mol. The van der Waals surface area contributed by atoms with Gasteiger partial charge in [0.1, 0.15) is 0 Å². The molecule has 0 aliphatic heterocycles. The van der Waals surface area contributed by atoms with Crippen molar-refractivity contribution >= 4 is 5.97 Å². The predicted octanol–water partition coefficient (Wildman–Crippen LogP) is 6.22. The Hall–Kier alpha value is -0.730. The summed E-state index contributed by atoms with van der Waals surface area (Å²) in [5.41, 5.74) is -0.115. The zero-order chi connectivity index (χ0) is 25.8. The zero-order valence-electron chi connectivity index (χ0n) is 23.4. The molecule has 0 aromatic rings. The largest absolute Gasteiger partial charge is 0.436 e. The summed E-state index contributed by atoms with van der Waals surface area (Å²) in [6, 6.07) is 0. The van der Waals surface area contributed by atoms with Crippen LogP contribution >= 0.6 is 0 Å². The third kappa shape index (κ3) is 9.92. The normalized spacial score (nSPS) is 29.7. The summed E-state index contributed by atoms with van der Waals surface area (Å²) in [4.78, 5) is 13.0. The molecule has 2 fully saturated rings. The Bertz CT molecular complexity index is 548. The summed E-state index contributed by atoms with van der Waals surface area (Å²) in [5.74, 6) is 0.772. The summed E-state index contributed by atoms with van der Waals surface area (Å²) in [7, 11) is 0. The number of ether oxygens (including phenoxy) is 6. The van der Waals surface area contributed by atoms with Gasteiger partial charge >= 0.3 is 5.97 Å². The highest BCUT2D eigenvalue weighted by atomic mass is 16.7. The minimum Gasteiger partial charge on any atom is -0.436 e. The fraction of sp³-hybridized carbons (Fsp3) is 0.964. The molecule has 0 N–H and O–H groups in total. The van der Waals surface area contributed by atoms with Crippen LogP contribution in [0.15, 0.2) is 0 Å². The van der Waals surface area contributed by atoms with Gasteiger partial charge in [0, 0.05) is 19.8 Å². The van der Waals surface area contributed by atoms with E-state index in [1.807, 2.05) is 34.6 Å². The molecule has 35 heavy (non-hydrogen) atoms. The predicted molar refractivity (Wildman–Crippen MR) is 136 cm³/mol. The van der Waals surface area contributed by atoms with Crippen LogP contribution in [-0.4, -0.2) is 56.9 Å². The van der Waals surface area contributed by atoms with Crippen molar-refractivity contribution in [2.24, 2.45) is 17.3 Å². The molecule has 2 rings (SSSR count). The van der Waals surface area contributed by atoms with E-state index < -0.39 is 6.29 Å². The highest BCUT2D eigenvalue weighted by Crippen LogP contribution is 2.51. The molecule has 3 atom stereocenters. The van der Waals surface area contributed by atoms with Crippen LogP contribution in [0, 0.1) is 17.3 Å². The molecule has 0 aromatic heterocycles. The van der Waals surface area contributed by atoms with Crippen LogP contribution in [-0.2, 0) is 33.2 Å². The number of hydrogen-bond donors (Lipinski definition) is 0. The average Bonchev–Trinajstić information content (AvgIpc) is 2.80. The first kappa shape index (κ1) is 30.5. The van der Waals surface area contributed by atoms with Crippen LogP contribution in [0.1, 0.15) is 106 Å². The Morgan fingerprint density at radius 3 is 1.43 bits per heavy atom. The fourth-order valence-corrected chi connectivity index (χ4v) is 6.24. The van der Waals surface area contributed by atoms with Crippen LogP contribution in [0.4, 0.5) is 0 Å². The van der Waals surface area contributed by atoms with Crippen molar-refractivity contribution in [1.29, 1.82) is 0 Å². The van der Waals surface area contributed by atoms with Crippen LogP contribution in [0.2, 0.25) is 0 Å². The van der Waals surface area contributed by atoms with E-state index in [2.05, 4.69) is 6.92 Å². The smallest absolute Gasteiger partial charge is 0.308 e. The van der Waals surface area contributed by atoms with Gasteiger partial charge in [-0.15, -0.1) is 0 Å². The van der Waals surface area contributed by atoms with Gasteiger partial charge in [0.15, 0.2) is 18.9 Å². The molecular formula is C28H52O7. The van der Waals surface area contributed by atoms with Crippen molar-refractivity contribution in [3.05, 3.63) is 0 Å². The second kappa shape index (κ2) is 15.5. The zero-order valence-corrected chi connectivity index (χ0v) is 23.4. The molecule has 0 saturated heterocycles. The van der Waals surface area contributed by atoms with Crippen molar-refractivity contribution < 1.29 is 33.2 Å². The maximum atomic E-state index is 13.0. The van der Waals surface area contributed by atoms with E-state index in [1.165, 1.54) is 0 Å². The quantitative estimate of drug-likeness (QED) is 0.195. The number of rotatable bonds is 15. The molecule has 7 heteroatoms. The lowest BCUT2D eigenvalue weighted by molar-refractivity contribution is -0.183. The molecule has 0 heterocycles. The van der Waals surface area contributed by atoms with Gasteiger partial charge in [-0.25, -0.2) is 0 Å². The van der Waals surface area contributed by atoms with Gasteiger partial charge in [-0.3, -0.25) is 4.79 Å². The minimum atomic E-state index is -0.509. The van der Waals surface area contributed by atoms with Crippen molar-refractivity contribution in [3.63, 3.8) is 0 Å². The first-order valence-electron chi connectivity index (χ1n) is 14.1. The van der Waals surface area contributed by atoms with E-state index in [0.29, 0.717) is 38.1 Å². The lowest BCUT2D eigenvalue weighted by atomic mass is 9.58. The van der Waals surface area contributed by atoms with Gasteiger partial charge < -0.3 is 28.4 Å². The molecule has 0 spiro atoms. The van der Waals surface area contributed by atoms with Crippen LogP contribution < -0.4 is 0 Å². The highest BCUT2D eigenvalue weighted by Gasteiger charge is 2.46. The fourth-order valence-electron chi connectivity index (χ4n) is 6.24. The molecule has 2 aliphatic carbocycles. The van der Waals surface area contributed by atoms with E-state index in [0.717, 1.165) is 51.4 Å². The average molecular weight is 501 g/mol. The lowest BCUT2D eigenvalue weighted by Crippen LogP contribution is -2.43. The van der Waals surface area contributed by atoms with Crippen molar-refractivity contribution in [2.45, 2.75) is 137 Å². The van der Waals surface area contributed by atoms with E-state index in [4.69, 9.17) is 28.4 Å². The van der Waals surface area contributed by atoms with Gasteiger partial charge in [0.25, 0.3) is 0 Å². The van der Waals surface area contributed by atoms with Gasteiger partial charge in [0.2, 0.25) is 0 Å². The van der Waals surface area contributed by atoms with Gasteiger partial charge in [0.05, 0.1) is 18.6 Å². The van der Waals surface area contributed by atoms with E-state index in [9.17, 15) is 4.79 Å². The van der Waals surface area contributed by atoms with E-state index in [1.54, 1.807) is 6.92 Å². The first-order chi connectivity index (χ1) is 16.7. The first-order valence-corrected chi connectivity index (χ1v) is 14.1. The Morgan fingerprint density at radius 2 is 1.06 bits per heavy atom. The summed E-state index contributed by atoms with van der Waals surface area (Å²) in [6.07, 6.45) is 8.31. The maximum absolute atomic E-state index is 13.0. The molecule has 0 aromatic carbocycles. The van der Waals surface area contributed by atoms with Crippen LogP contribution in [0.3, 0.4) is 0 Å². The number of carbonyl (C=O) groups is 1. The lowest BCUT2D eigenvalue weighted by Gasteiger charge is -2.48. The molecule has 206 valence electrons. The molecule has 7 nitrogen and oxygen atoms in total. The third-order valence-electron chi connectivity index (χ3n) is 8.01. The standard InChI is InChI=1S/C28H52O7/c1-8-30-20(4)33-25-15-11-23(12-16-25)28(7,19-27(29)35-22(6)32-10-3)24-13-17-26(18-14-24)34-21(5)31-9-2/h20-26H,8-19H2,1-7H3. The molecule has 0 radical (unpaired) electrons. The Labute approximate surface area is 213 Å².